The zero-order valence-electron chi connectivity index (χ0n) is 9.00. The summed E-state index contributed by atoms with van der Waals surface area (Å²) < 4.78 is 26.6. The summed E-state index contributed by atoms with van der Waals surface area (Å²) in [6.07, 6.45) is -1.37. The first-order chi connectivity index (χ1) is 8.49. The SMILES string of the molecule is OC(c1cc(F)ccc1F)c1cc(Cl)ccc1Cl. The molecule has 0 aliphatic carbocycles. The van der Waals surface area contributed by atoms with Crippen LogP contribution in [0.5, 0.6) is 0 Å². The van der Waals surface area contributed by atoms with E-state index in [9.17, 15) is 13.9 Å². The summed E-state index contributed by atoms with van der Waals surface area (Å²) in [5.41, 5.74) is 0.0489. The van der Waals surface area contributed by atoms with Gasteiger partial charge >= 0.3 is 0 Å². The fourth-order valence-electron chi connectivity index (χ4n) is 1.62. The smallest absolute Gasteiger partial charge is 0.129 e. The maximum absolute atomic E-state index is 13.5. The summed E-state index contributed by atoms with van der Waals surface area (Å²) in [6, 6.07) is 7.30. The van der Waals surface area contributed by atoms with Crippen molar-refractivity contribution >= 4 is 23.2 Å². The largest absolute Gasteiger partial charge is 0.383 e. The van der Waals surface area contributed by atoms with Gasteiger partial charge in [-0.05, 0) is 36.4 Å². The second-order valence-corrected chi connectivity index (χ2v) is 4.58. The number of aliphatic hydroxyl groups excluding tert-OH is 1. The van der Waals surface area contributed by atoms with Gasteiger partial charge in [0.15, 0.2) is 0 Å². The van der Waals surface area contributed by atoms with Crippen molar-refractivity contribution in [1.82, 2.24) is 0 Å². The molecule has 1 N–H and O–H groups in total. The van der Waals surface area contributed by atoms with Crippen molar-refractivity contribution in [3.8, 4) is 0 Å². The van der Waals surface area contributed by atoms with Gasteiger partial charge in [-0.15, -0.1) is 0 Å². The van der Waals surface area contributed by atoms with E-state index >= 15 is 0 Å². The van der Waals surface area contributed by atoms with Crippen molar-refractivity contribution in [2.24, 2.45) is 0 Å². The lowest BCUT2D eigenvalue weighted by molar-refractivity contribution is 0.214. The summed E-state index contributed by atoms with van der Waals surface area (Å²) in [7, 11) is 0. The Balaban J connectivity index is 2.50. The Morgan fingerprint density at radius 1 is 0.944 bits per heavy atom. The van der Waals surface area contributed by atoms with Gasteiger partial charge in [-0.2, -0.15) is 0 Å². The normalized spacial score (nSPS) is 12.5. The molecule has 0 fully saturated rings. The molecule has 0 saturated heterocycles. The molecular formula is C13H8Cl2F2O. The van der Waals surface area contributed by atoms with Crippen molar-refractivity contribution in [1.29, 1.82) is 0 Å². The first-order valence-electron chi connectivity index (χ1n) is 5.07. The van der Waals surface area contributed by atoms with Crippen molar-refractivity contribution in [2.75, 3.05) is 0 Å². The van der Waals surface area contributed by atoms with E-state index in [0.717, 1.165) is 18.2 Å². The molecule has 2 aromatic carbocycles. The Morgan fingerprint density at radius 3 is 2.39 bits per heavy atom. The molecule has 2 aromatic rings. The van der Waals surface area contributed by atoms with Gasteiger partial charge in [0.1, 0.15) is 17.7 Å². The van der Waals surface area contributed by atoms with E-state index in [-0.39, 0.29) is 16.1 Å². The number of hydrogen-bond acceptors (Lipinski definition) is 1. The first-order valence-corrected chi connectivity index (χ1v) is 5.82. The van der Waals surface area contributed by atoms with Crippen LogP contribution in [-0.2, 0) is 0 Å². The van der Waals surface area contributed by atoms with Crippen LogP contribution < -0.4 is 0 Å². The molecule has 0 aliphatic rings. The Hall–Kier alpha value is -1.16. The molecule has 0 saturated carbocycles. The van der Waals surface area contributed by atoms with Gasteiger partial charge in [-0.1, -0.05) is 23.2 Å². The minimum Gasteiger partial charge on any atom is -0.383 e. The molecule has 0 aromatic heterocycles. The van der Waals surface area contributed by atoms with Crippen LogP contribution in [0.15, 0.2) is 36.4 Å². The number of rotatable bonds is 2. The number of halogens is 4. The molecular weight excluding hydrogens is 281 g/mol. The Morgan fingerprint density at radius 2 is 1.67 bits per heavy atom. The van der Waals surface area contributed by atoms with E-state index in [2.05, 4.69) is 0 Å². The van der Waals surface area contributed by atoms with Gasteiger partial charge < -0.3 is 5.11 Å². The van der Waals surface area contributed by atoms with Crippen LogP contribution in [0, 0.1) is 11.6 Å². The maximum Gasteiger partial charge on any atom is 0.129 e. The predicted molar refractivity (Wildman–Crippen MR) is 66.9 cm³/mol. The highest BCUT2D eigenvalue weighted by atomic mass is 35.5. The highest BCUT2D eigenvalue weighted by molar-refractivity contribution is 6.33. The van der Waals surface area contributed by atoms with Crippen molar-refractivity contribution in [3.63, 3.8) is 0 Å². The molecule has 0 aliphatic heterocycles. The Kier molecular flexibility index (Phi) is 3.85. The minimum absolute atomic E-state index is 0.181. The molecule has 1 atom stereocenters. The summed E-state index contributed by atoms with van der Waals surface area (Å²) in [5.74, 6) is -1.34. The average molecular weight is 289 g/mol. The van der Waals surface area contributed by atoms with Gasteiger partial charge in [0, 0.05) is 21.2 Å². The standard InChI is InChI=1S/C13H8Cl2F2O/c14-7-1-3-11(15)9(5-7)13(18)10-6-8(16)2-4-12(10)17/h1-6,13,18H. The number of benzene rings is 2. The minimum atomic E-state index is -1.37. The van der Waals surface area contributed by atoms with Crippen LogP contribution >= 0.6 is 23.2 Å². The van der Waals surface area contributed by atoms with Gasteiger partial charge in [-0.25, -0.2) is 8.78 Å². The summed E-state index contributed by atoms with van der Waals surface area (Å²) in [6.45, 7) is 0. The molecule has 0 bridgehead atoms. The topological polar surface area (TPSA) is 20.2 Å². The third-order valence-electron chi connectivity index (χ3n) is 2.51. The lowest BCUT2D eigenvalue weighted by atomic mass is 10.0. The molecule has 5 heteroatoms. The Labute approximate surface area is 113 Å². The molecule has 1 nitrogen and oxygen atoms in total. The summed E-state index contributed by atoms with van der Waals surface area (Å²) >= 11 is 11.7. The van der Waals surface area contributed by atoms with Crippen LogP contribution in [-0.4, -0.2) is 5.11 Å². The molecule has 0 radical (unpaired) electrons. The van der Waals surface area contributed by atoms with Gasteiger partial charge in [0.2, 0.25) is 0 Å². The molecule has 0 amide bonds. The van der Waals surface area contributed by atoms with Crippen LogP contribution in [0.3, 0.4) is 0 Å². The van der Waals surface area contributed by atoms with Crippen molar-refractivity contribution in [3.05, 3.63) is 69.2 Å². The second kappa shape index (κ2) is 5.22. The maximum atomic E-state index is 13.5. The first kappa shape index (κ1) is 13.3. The molecule has 1 unspecified atom stereocenters. The summed E-state index contributed by atoms with van der Waals surface area (Å²) in [4.78, 5) is 0. The summed E-state index contributed by atoms with van der Waals surface area (Å²) in [5, 5.41) is 10.6. The quantitative estimate of drug-likeness (QED) is 0.871. The third kappa shape index (κ3) is 2.64. The molecule has 0 spiro atoms. The highest BCUT2D eigenvalue weighted by Gasteiger charge is 2.18. The van der Waals surface area contributed by atoms with E-state index in [1.807, 2.05) is 0 Å². The van der Waals surface area contributed by atoms with Crippen LogP contribution in [0.2, 0.25) is 10.0 Å². The van der Waals surface area contributed by atoms with Crippen LogP contribution in [0.4, 0.5) is 8.78 Å². The van der Waals surface area contributed by atoms with E-state index < -0.39 is 17.7 Å². The molecule has 18 heavy (non-hydrogen) atoms. The van der Waals surface area contributed by atoms with Crippen molar-refractivity contribution in [2.45, 2.75) is 6.10 Å². The van der Waals surface area contributed by atoms with Crippen LogP contribution in [0.25, 0.3) is 0 Å². The van der Waals surface area contributed by atoms with E-state index in [4.69, 9.17) is 23.2 Å². The van der Waals surface area contributed by atoms with E-state index in [1.54, 1.807) is 6.07 Å². The van der Waals surface area contributed by atoms with E-state index in [1.165, 1.54) is 12.1 Å². The van der Waals surface area contributed by atoms with Crippen molar-refractivity contribution < 1.29 is 13.9 Å². The zero-order chi connectivity index (χ0) is 13.3. The van der Waals surface area contributed by atoms with E-state index in [0.29, 0.717) is 5.02 Å². The van der Waals surface area contributed by atoms with Gasteiger partial charge in [0.05, 0.1) is 0 Å². The average Bonchev–Trinajstić information content (AvgIpc) is 2.34. The Bertz CT molecular complexity index is 536. The highest BCUT2D eigenvalue weighted by Crippen LogP contribution is 2.31. The molecule has 0 heterocycles. The lowest BCUT2D eigenvalue weighted by Crippen LogP contribution is -2.04. The third-order valence-corrected chi connectivity index (χ3v) is 3.08. The fourth-order valence-corrected chi connectivity index (χ4v) is 2.02. The molecule has 2 rings (SSSR count). The molecule has 94 valence electrons. The monoisotopic (exact) mass is 288 g/mol. The number of hydrogen-bond donors (Lipinski definition) is 1. The predicted octanol–water partition coefficient (Wildman–Crippen LogP) is 4.35. The number of aliphatic hydroxyl groups is 1. The zero-order valence-corrected chi connectivity index (χ0v) is 10.5. The lowest BCUT2D eigenvalue weighted by Gasteiger charge is -2.14. The van der Waals surface area contributed by atoms with Crippen LogP contribution in [0.1, 0.15) is 17.2 Å². The fraction of sp³-hybridized carbons (Fsp3) is 0.0769. The van der Waals surface area contributed by atoms with Gasteiger partial charge in [0.25, 0.3) is 0 Å². The second-order valence-electron chi connectivity index (χ2n) is 3.73. The van der Waals surface area contributed by atoms with Gasteiger partial charge in [-0.3, -0.25) is 0 Å².